The smallest absolute Gasteiger partial charge is 0.408 e. The maximum atomic E-state index is 12.3. The third kappa shape index (κ3) is 12.1. The minimum absolute atomic E-state index is 0.0641. The second-order valence-corrected chi connectivity index (χ2v) is 10.1. The summed E-state index contributed by atoms with van der Waals surface area (Å²) in [7, 11) is 0. The van der Waals surface area contributed by atoms with Gasteiger partial charge in [-0.15, -0.1) is 0 Å². The molecule has 0 radical (unpaired) electrons. The molecule has 7 nitrogen and oxygen atoms in total. The summed E-state index contributed by atoms with van der Waals surface area (Å²) in [6.45, 7) is 15.7. The van der Waals surface area contributed by atoms with Crippen molar-refractivity contribution in [2.45, 2.75) is 123 Å². The predicted octanol–water partition coefficient (Wildman–Crippen LogP) is 5.09. The molecule has 0 saturated carbocycles. The van der Waals surface area contributed by atoms with Crippen molar-refractivity contribution in [1.29, 1.82) is 0 Å². The van der Waals surface area contributed by atoms with Crippen LogP contribution < -0.4 is 10.6 Å². The van der Waals surface area contributed by atoms with E-state index in [0.717, 1.165) is 12.8 Å². The van der Waals surface area contributed by atoms with E-state index in [0.29, 0.717) is 19.3 Å². The van der Waals surface area contributed by atoms with Gasteiger partial charge in [0.25, 0.3) is 0 Å². The number of rotatable bonds is 6. The van der Waals surface area contributed by atoms with Crippen molar-refractivity contribution >= 4 is 12.2 Å². The second kappa shape index (κ2) is 11.6. The van der Waals surface area contributed by atoms with Gasteiger partial charge in [0.1, 0.15) is 12.2 Å². The molecule has 2 N–H and O–H groups in total. The Kier molecular flexibility index (Phi) is 10.1. The Morgan fingerprint density at radius 1 is 1.00 bits per heavy atom. The zero-order chi connectivity index (χ0) is 22.9. The lowest BCUT2D eigenvalue weighted by molar-refractivity contribution is -0.0808. The highest BCUT2D eigenvalue weighted by molar-refractivity contribution is 5.68. The largest absolute Gasteiger partial charge is 0.442 e. The highest BCUT2D eigenvalue weighted by Crippen LogP contribution is 2.24. The Morgan fingerprint density at radius 2 is 1.60 bits per heavy atom. The van der Waals surface area contributed by atoms with Gasteiger partial charge in [-0.2, -0.15) is 0 Å². The van der Waals surface area contributed by atoms with Crippen LogP contribution in [0.4, 0.5) is 9.59 Å². The quantitative estimate of drug-likeness (QED) is 0.578. The average Bonchev–Trinajstić information content (AvgIpc) is 2.52. The number of hydrogen-bond acceptors (Lipinski definition) is 5. The van der Waals surface area contributed by atoms with Crippen molar-refractivity contribution in [2.24, 2.45) is 0 Å². The van der Waals surface area contributed by atoms with Crippen molar-refractivity contribution in [2.75, 3.05) is 0 Å². The maximum absolute atomic E-state index is 12.3. The van der Waals surface area contributed by atoms with Gasteiger partial charge in [-0.1, -0.05) is 13.3 Å². The van der Waals surface area contributed by atoms with E-state index >= 15 is 0 Å². The fourth-order valence-corrected chi connectivity index (χ4v) is 3.29. The van der Waals surface area contributed by atoms with Gasteiger partial charge in [0.05, 0.1) is 11.7 Å². The summed E-state index contributed by atoms with van der Waals surface area (Å²) >= 11 is 0. The molecule has 1 aliphatic carbocycles. The van der Waals surface area contributed by atoms with Crippen molar-refractivity contribution in [3.63, 3.8) is 0 Å². The van der Waals surface area contributed by atoms with Crippen molar-refractivity contribution < 1.29 is 23.8 Å². The predicted molar refractivity (Wildman–Crippen MR) is 119 cm³/mol. The molecular formula is C23H42N2O5. The van der Waals surface area contributed by atoms with Gasteiger partial charge in [-0.3, -0.25) is 0 Å². The number of carbonyl (C=O) groups excluding carboxylic acids is 2. The van der Waals surface area contributed by atoms with Gasteiger partial charge in [0, 0.05) is 18.0 Å². The molecule has 0 bridgehead atoms. The summed E-state index contributed by atoms with van der Waals surface area (Å²) in [4.78, 5) is 24.5. The lowest BCUT2D eigenvalue weighted by Crippen LogP contribution is -2.43. The van der Waals surface area contributed by atoms with E-state index in [9.17, 15) is 9.59 Å². The molecule has 0 fully saturated rings. The van der Waals surface area contributed by atoms with Gasteiger partial charge < -0.3 is 24.8 Å². The lowest BCUT2D eigenvalue weighted by Gasteiger charge is -2.32. The SMILES string of the molecule is CCCC(C)NC(=O)OC1/C=C/C(OC(=O)NC(C)(C)C)CC(OC(C)(C)C)CC1. The molecule has 174 valence electrons. The number of amides is 2. The van der Waals surface area contributed by atoms with E-state index < -0.39 is 24.4 Å². The lowest BCUT2D eigenvalue weighted by atomic mass is 9.98. The molecule has 1 aliphatic rings. The van der Waals surface area contributed by atoms with Gasteiger partial charge >= 0.3 is 12.2 Å². The number of carbonyl (C=O) groups is 2. The number of hydrogen-bond donors (Lipinski definition) is 2. The molecule has 0 saturated heterocycles. The highest BCUT2D eigenvalue weighted by Gasteiger charge is 2.28. The highest BCUT2D eigenvalue weighted by atomic mass is 16.6. The van der Waals surface area contributed by atoms with Crippen LogP contribution in [0.3, 0.4) is 0 Å². The zero-order valence-corrected chi connectivity index (χ0v) is 20.0. The van der Waals surface area contributed by atoms with Gasteiger partial charge in [-0.25, -0.2) is 9.59 Å². The van der Waals surface area contributed by atoms with Crippen LogP contribution in [0.5, 0.6) is 0 Å². The van der Waals surface area contributed by atoms with E-state index in [2.05, 4.69) is 17.6 Å². The molecule has 0 spiro atoms. The van der Waals surface area contributed by atoms with E-state index in [4.69, 9.17) is 14.2 Å². The van der Waals surface area contributed by atoms with Crippen LogP contribution in [0.1, 0.15) is 87.5 Å². The van der Waals surface area contributed by atoms with Crippen molar-refractivity contribution in [3.05, 3.63) is 12.2 Å². The van der Waals surface area contributed by atoms with Crippen LogP contribution in [-0.4, -0.2) is 47.7 Å². The summed E-state index contributed by atoms with van der Waals surface area (Å²) in [5.74, 6) is 0. The fraction of sp³-hybridized carbons (Fsp3) is 0.826. The summed E-state index contributed by atoms with van der Waals surface area (Å²) < 4.78 is 17.4. The third-order valence-corrected chi connectivity index (χ3v) is 4.41. The normalized spacial score (nSPS) is 24.7. The number of alkyl carbamates (subject to hydrolysis) is 2. The standard InChI is InChI=1S/C23H42N2O5/c1-9-10-16(2)24-20(26)28-17-11-13-18(29-21(27)25-22(3,4)5)15-19(14-12-17)30-23(6,7)8/h11,13,16-19H,9-10,12,14-15H2,1-8H3,(H,24,26)(H,25,27)/b13-11+. The summed E-state index contributed by atoms with van der Waals surface area (Å²) in [5, 5.41) is 5.67. The summed E-state index contributed by atoms with van der Waals surface area (Å²) in [6, 6.07) is 0.0641. The van der Waals surface area contributed by atoms with Crippen LogP contribution in [-0.2, 0) is 14.2 Å². The Morgan fingerprint density at radius 3 is 2.17 bits per heavy atom. The molecule has 0 aromatic heterocycles. The summed E-state index contributed by atoms with van der Waals surface area (Å²) in [5.41, 5.74) is -0.711. The van der Waals surface area contributed by atoms with Crippen LogP contribution in [0, 0.1) is 0 Å². The number of ether oxygens (including phenoxy) is 3. The molecule has 0 aliphatic heterocycles. The first-order valence-corrected chi connectivity index (χ1v) is 11.1. The van der Waals surface area contributed by atoms with E-state index in [1.807, 2.05) is 54.5 Å². The van der Waals surface area contributed by atoms with Crippen molar-refractivity contribution in [3.8, 4) is 0 Å². The molecule has 7 heteroatoms. The monoisotopic (exact) mass is 426 g/mol. The zero-order valence-electron chi connectivity index (χ0n) is 20.0. The van der Waals surface area contributed by atoms with E-state index in [1.54, 1.807) is 6.08 Å². The van der Waals surface area contributed by atoms with Crippen LogP contribution in [0.2, 0.25) is 0 Å². The van der Waals surface area contributed by atoms with Gasteiger partial charge in [-0.05, 0) is 79.9 Å². The first kappa shape index (κ1) is 26.3. The molecular weight excluding hydrogens is 384 g/mol. The van der Waals surface area contributed by atoms with Crippen molar-refractivity contribution in [1.82, 2.24) is 10.6 Å². The first-order chi connectivity index (χ1) is 13.8. The Labute approximate surface area is 182 Å². The second-order valence-electron chi connectivity index (χ2n) is 10.1. The molecule has 1 rings (SSSR count). The van der Waals surface area contributed by atoms with Crippen LogP contribution in [0.15, 0.2) is 12.2 Å². The molecule has 0 aromatic rings. The third-order valence-electron chi connectivity index (χ3n) is 4.41. The van der Waals surface area contributed by atoms with Crippen LogP contribution >= 0.6 is 0 Å². The van der Waals surface area contributed by atoms with E-state index in [-0.39, 0.29) is 23.3 Å². The number of nitrogens with one attached hydrogen (secondary N) is 2. The summed E-state index contributed by atoms with van der Waals surface area (Å²) in [6.07, 6.45) is 5.52. The minimum Gasteiger partial charge on any atom is -0.442 e. The minimum atomic E-state index is -0.476. The molecule has 2 amide bonds. The molecule has 4 atom stereocenters. The Balaban J connectivity index is 2.83. The molecule has 4 unspecified atom stereocenters. The van der Waals surface area contributed by atoms with E-state index in [1.165, 1.54) is 0 Å². The fourth-order valence-electron chi connectivity index (χ4n) is 3.29. The van der Waals surface area contributed by atoms with Gasteiger partial charge in [0.2, 0.25) is 0 Å². The first-order valence-electron chi connectivity index (χ1n) is 11.1. The van der Waals surface area contributed by atoms with Gasteiger partial charge in [0.15, 0.2) is 0 Å². The average molecular weight is 427 g/mol. The molecule has 0 heterocycles. The maximum Gasteiger partial charge on any atom is 0.408 e. The Hall–Kier alpha value is -1.76. The van der Waals surface area contributed by atoms with Crippen LogP contribution in [0.25, 0.3) is 0 Å². The topological polar surface area (TPSA) is 85.9 Å². The molecule has 30 heavy (non-hydrogen) atoms. The molecule has 0 aromatic carbocycles. The Bertz CT molecular complexity index is 577.